The molecular formula is C16H21N3O. The van der Waals surface area contributed by atoms with E-state index in [2.05, 4.69) is 34.3 Å². The highest BCUT2D eigenvalue weighted by Crippen LogP contribution is 2.11. The van der Waals surface area contributed by atoms with Crippen LogP contribution in [-0.2, 0) is 12.8 Å². The molecule has 0 radical (unpaired) electrons. The number of aromatic nitrogens is 2. The molecule has 1 N–H and O–H groups in total. The summed E-state index contributed by atoms with van der Waals surface area (Å²) in [6.07, 6.45) is 7.52. The van der Waals surface area contributed by atoms with Gasteiger partial charge in [-0.3, -0.25) is 4.98 Å². The molecule has 0 aliphatic carbocycles. The van der Waals surface area contributed by atoms with Gasteiger partial charge in [0, 0.05) is 30.7 Å². The van der Waals surface area contributed by atoms with E-state index in [4.69, 9.17) is 4.74 Å². The molecule has 0 aliphatic rings. The zero-order valence-electron chi connectivity index (χ0n) is 12.0. The predicted molar refractivity (Wildman–Crippen MR) is 79.9 cm³/mol. The minimum atomic E-state index is 0.388. The number of rotatable bonds is 7. The Kier molecular flexibility index (Phi) is 5.50. The molecule has 0 bridgehead atoms. The van der Waals surface area contributed by atoms with E-state index in [1.165, 1.54) is 11.1 Å². The van der Waals surface area contributed by atoms with E-state index in [9.17, 15) is 0 Å². The quantitative estimate of drug-likeness (QED) is 0.839. The minimum absolute atomic E-state index is 0.388. The van der Waals surface area contributed by atoms with Crippen molar-refractivity contribution in [3.63, 3.8) is 0 Å². The average molecular weight is 271 g/mol. The van der Waals surface area contributed by atoms with Crippen molar-refractivity contribution in [3.8, 4) is 5.88 Å². The second-order valence-corrected chi connectivity index (χ2v) is 4.73. The number of likely N-dealkylation sites (N-methyl/N-ethyl adjacent to an activating group) is 1. The third-order valence-corrected chi connectivity index (χ3v) is 3.19. The molecule has 0 aliphatic heterocycles. The SMILES string of the molecule is CCNC(Cc1cccnc1)Cc1ccc(OC)nc1. The lowest BCUT2D eigenvalue weighted by atomic mass is 10.0. The van der Waals surface area contributed by atoms with E-state index in [-0.39, 0.29) is 0 Å². The molecule has 20 heavy (non-hydrogen) atoms. The van der Waals surface area contributed by atoms with Gasteiger partial charge in [-0.25, -0.2) is 4.98 Å². The molecule has 0 aromatic carbocycles. The fourth-order valence-electron chi connectivity index (χ4n) is 2.25. The molecule has 2 aromatic heterocycles. The Bertz CT molecular complexity index is 499. The van der Waals surface area contributed by atoms with Crippen molar-refractivity contribution < 1.29 is 4.74 Å². The maximum Gasteiger partial charge on any atom is 0.212 e. The molecule has 0 fully saturated rings. The van der Waals surface area contributed by atoms with Crippen molar-refractivity contribution in [2.75, 3.05) is 13.7 Å². The van der Waals surface area contributed by atoms with Crippen LogP contribution in [0.1, 0.15) is 18.1 Å². The molecule has 2 aromatic rings. The highest BCUT2D eigenvalue weighted by atomic mass is 16.5. The summed E-state index contributed by atoms with van der Waals surface area (Å²) in [7, 11) is 1.63. The third-order valence-electron chi connectivity index (χ3n) is 3.19. The van der Waals surface area contributed by atoms with Crippen LogP contribution in [0.15, 0.2) is 42.9 Å². The zero-order chi connectivity index (χ0) is 14.2. The van der Waals surface area contributed by atoms with Gasteiger partial charge in [0.25, 0.3) is 0 Å². The fourth-order valence-corrected chi connectivity index (χ4v) is 2.25. The van der Waals surface area contributed by atoms with Crippen LogP contribution < -0.4 is 10.1 Å². The summed E-state index contributed by atoms with van der Waals surface area (Å²) in [4.78, 5) is 8.43. The Balaban J connectivity index is 2.00. The molecular weight excluding hydrogens is 250 g/mol. The van der Waals surface area contributed by atoms with Crippen molar-refractivity contribution in [1.29, 1.82) is 0 Å². The van der Waals surface area contributed by atoms with Gasteiger partial charge in [-0.15, -0.1) is 0 Å². The highest BCUT2D eigenvalue weighted by Gasteiger charge is 2.10. The number of nitrogens with zero attached hydrogens (tertiary/aromatic N) is 2. The van der Waals surface area contributed by atoms with Crippen LogP contribution >= 0.6 is 0 Å². The molecule has 4 heteroatoms. The largest absolute Gasteiger partial charge is 0.481 e. The Morgan fingerprint density at radius 3 is 2.50 bits per heavy atom. The standard InChI is InChI=1S/C16H21N3O/c1-3-18-15(9-13-5-4-8-17-11-13)10-14-6-7-16(20-2)19-12-14/h4-8,11-12,15,18H,3,9-10H2,1-2H3. The van der Waals surface area contributed by atoms with E-state index in [1.807, 2.05) is 24.5 Å². The maximum absolute atomic E-state index is 5.08. The summed E-state index contributed by atoms with van der Waals surface area (Å²) in [6, 6.07) is 8.46. The van der Waals surface area contributed by atoms with Crippen LogP contribution in [0.5, 0.6) is 5.88 Å². The highest BCUT2D eigenvalue weighted by molar-refractivity contribution is 5.19. The summed E-state index contributed by atoms with van der Waals surface area (Å²) in [5.74, 6) is 0.654. The summed E-state index contributed by atoms with van der Waals surface area (Å²) in [5.41, 5.74) is 2.46. The first-order chi connectivity index (χ1) is 9.81. The molecule has 0 saturated carbocycles. The first kappa shape index (κ1) is 14.5. The van der Waals surface area contributed by atoms with Gasteiger partial charge in [0.15, 0.2) is 0 Å². The van der Waals surface area contributed by atoms with Crippen LogP contribution in [0.4, 0.5) is 0 Å². The van der Waals surface area contributed by atoms with Gasteiger partial charge in [-0.1, -0.05) is 19.1 Å². The smallest absolute Gasteiger partial charge is 0.212 e. The van der Waals surface area contributed by atoms with Crippen LogP contribution in [-0.4, -0.2) is 29.7 Å². The lowest BCUT2D eigenvalue weighted by Gasteiger charge is -2.18. The third kappa shape index (κ3) is 4.31. The predicted octanol–water partition coefficient (Wildman–Crippen LogP) is 2.25. The normalized spacial score (nSPS) is 12.1. The van der Waals surface area contributed by atoms with E-state index in [1.54, 1.807) is 13.3 Å². The van der Waals surface area contributed by atoms with Gasteiger partial charge >= 0.3 is 0 Å². The molecule has 4 nitrogen and oxygen atoms in total. The zero-order valence-corrected chi connectivity index (χ0v) is 12.0. The van der Waals surface area contributed by atoms with Gasteiger partial charge in [0.1, 0.15) is 0 Å². The van der Waals surface area contributed by atoms with Crippen molar-refractivity contribution in [3.05, 3.63) is 54.0 Å². The van der Waals surface area contributed by atoms with Crippen LogP contribution in [0.3, 0.4) is 0 Å². The molecule has 0 amide bonds. The lowest BCUT2D eigenvalue weighted by Crippen LogP contribution is -2.33. The lowest BCUT2D eigenvalue weighted by molar-refractivity contribution is 0.397. The van der Waals surface area contributed by atoms with Gasteiger partial charge in [0.2, 0.25) is 5.88 Å². The number of hydrogen-bond donors (Lipinski definition) is 1. The molecule has 0 saturated heterocycles. The monoisotopic (exact) mass is 271 g/mol. The van der Waals surface area contributed by atoms with Gasteiger partial charge in [-0.2, -0.15) is 0 Å². The number of nitrogens with one attached hydrogen (secondary N) is 1. The molecule has 0 spiro atoms. The summed E-state index contributed by atoms with van der Waals surface area (Å²) in [5, 5.41) is 3.52. The molecule has 2 rings (SSSR count). The number of pyridine rings is 2. The summed E-state index contributed by atoms with van der Waals surface area (Å²) in [6.45, 7) is 3.08. The Labute approximate surface area is 120 Å². The number of methoxy groups -OCH3 is 1. The molecule has 2 heterocycles. The molecule has 1 atom stereocenters. The second kappa shape index (κ2) is 7.60. The maximum atomic E-state index is 5.08. The summed E-state index contributed by atoms with van der Waals surface area (Å²) >= 11 is 0. The van der Waals surface area contributed by atoms with Crippen molar-refractivity contribution in [1.82, 2.24) is 15.3 Å². The topological polar surface area (TPSA) is 47.0 Å². The van der Waals surface area contributed by atoms with Crippen LogP contribution in [0, 0.1) is 0 Å². The second-order valence-electron chi connectivity index (χ2n) is 4.73. The minimum Gasteiger partial charge on any atom is -0.481 e. The molecule has 1 unspecified atom stereocenters. The van der Waals surface area contributed by atoms with E-state index in [0.29, 0.717) is 11.9 Å². The van der Waals surface area contributed by atoms with Crippen LogP contribution in [0.2, 0.25) is 0 Å². The number of ether oxygens (including phenoxy) is 1. The van der Waals surface area contributed by atoms with Crippen LogP contribution in [0.25, 0.3) is 0 Å². The Hall–Kier alpha value is -1.94. The summed E-state index contributed by atoms with van der Waals surface area (Å²) < 4.78 is 5.08. The van der Waals surface area contributed by atoms with E-state index >= 15 is 0 Å². The first-order valence-corrected chi connectivity index (χ1v) is 6.93. The molecule has 106 valence electrons. The van der Waals surface area contributed by atoms with Crippen molar-refractivity contribution in [2.24, 2.45) is 0 Å². The number of hydrogen-bond acceptors (Lipinski definition) is 4. The Morgan fingerprint density at radius 1 is 1.15 bits per heavy atom. The van der Waals surface area contributed by atoms with Gasteiger partial charge < -0.3 is 10.1 Å². The Morgan fingerprint density at radius 2 is 1.95 bits per heavy atom. The van der Waals surface area contributed by atoms with Gasteiger partial charge in [0.05, 0.1) is 7.11 Å². The van der Waals surface area contributed by atoms with E-state index < -0.39 is 0 Å². The first-order valence-electron chi connectivity index (χ1n) is 6.93. The van der Waals surface area contributed by atoms with Crippen molar-refractivity contribution >= 4 is 0 Å². The van der Waals surface area contributed by atoms with E-state index in [0.717, 1.165) is 19.4 Å². The average Bonchev–Trinajstić information content (AvgIpc) is 2.49. The van der Waals surface area contributed by atoms with Gasteiger partial charge in [-0.05, 0) is 36.6 Å². The fraction of sp³-hybridized carbons (Fsp3) is 0.375. The van der Waals surface area contributed by atoms with Crippen molar-refractivity contribution in [2.45, 2.75) is 25.8 Å².